The van der Waals surface area contributed by atoms with Crippen LogP contribution < -0.4 is 4.90 Å². The number of hydrogen-bond donors (Lipinski definition) is 0. The van der Waals surface area contributed by atoms with E-state index >= 15 is 0 Å². The predicted octanol–water partition coefficient (Wildman–Crippen LogP) is 5.65. The summed E-state index contributed by atoms with van der Waals surface area (Å²) in [4.78, 5) is 15.3. The number of aryl methyl sites for hydroxylation is 1. The minimum atomic E-state index is -0.610. The molecule has 7 heteroatoms. The van der Waals surface area contributed by atoms with Crippen molar-refractivity contribution in [2.45, 2.75) is 34.6 Å². The first-order chi connectivity index (χ1) is 14.7. The Morgan fingerprint density at radius 1 is 1.00 bits per heavy atom. The topological polar surface area (TPSA) is 46.3 Å². The van der Waals surface area contributed by atoms with Gasteiger partial charge in [0, 0.05) is 42.1 Å². The van der Waals surface area contributed by atoms with Gasteiger partial charge in [0.15, 0.2) is 17.3 Å². The second-order valence-electron chi connectivity index (χ2n) is 8.89. The van der Waals surface area contributed by atoms with Crippen molar-refractivity contribution in [3.8, 4) is 11.4 Å². The number of halogens is 2. The van der Waals surface area contributed by atoms with Crippen LogP contribution in [0.15, 0.2) is 36.7 Å². The van der Waals surface area contributed by atoms with Crippen LogP contribution in [0.1, 0.15) is 33.4 Å². The van der Waals surface area contributed by atoms with Gasteiger partial charge in [-0.1, -0.05) is 27.7 Å². The average Bonchev–Trinajstić information content (AvgIpc) is 3.01. The molecule has 0 radical (unpaired) electrons. The SMILES string of the molecule is Cc1nc2c(F)cc(-c3ncc4cc(N(CC(C)C)CC(C)C)ccc4n3)cn2c1F. The van der Waals surface area contributed by atoms with E-state index in [4.69, 9.17) is 0 Å². The number of rotatable bonds is 6. The molecule has 31 heavy (non-hydrogen) atoms. The van der Waals surface area contributed by atoms with Crippen LogP contribution in [0.4, 0.5) is 14.5 Å². The number of benzene rings is 1. The van der Waals surface area contributed by atoms with Gasteiger partial charge in [-0.05, 0) is 43.0 Å². The Balaban J connectivity index is 1.73. The zero-order valence-electron chi connectivity index (χ0n) is 18.5. The van der Waals surface area contributed by atoms with E-state index in [-0.39, 0.29) is 11.3 Å². The minimum absolute atomic E-state index is 0.0421. The van der Waals surface area contributed by atoms with E-state index in [1.54, 1.807) is 6.20 Å². The molecule has 0 spiro atoms. The molecule has 0 atom stereocenters. The zero-order valence-corrected chi connectivity index (χ0v) is 18.5. The van der Waals surface area contributed by atoms with Crippen LogP contribution in [0.25, 0.3) is 27.9 Å². The Morgan fingerprint density at radius 3 is 2.39 bits per heavy atom. The molecule has 5 nitrogen and oxygen atoms in total. The van der Waals surface area contributed by atoms with Gasteiger partial charge in [-0.3, -0.25) is 4.40 Å². The molecule has 0 aliphatic carbocycles. The molecule has 1 aromatic carbocycles. The number of pyridine rings is 1. The minimum Gasteiger partial charge on any atom is -0.371 e. The molecule has 0 bridgehead atoms. The van der Waals surface area contributed by atoms with Crippen molar-refractivity contribution in [2.75, 3.05) is 18.0 Å². The highest BCUT2D eigenvalue weighted by atomic mass is 19.1. The maximum absolute atomic E-state index is 14.5. The van der Waals surface area contributed by atoms with Crippen LogP contribution in [0.3, 0.4) is 0 Å². The summed E-state index contributed by atoms with van der Waals surface area (Å²) >= 11 is 0. The number of hydrogen-bond acceptors (Lipinski definition) is 4. The third-order valence-electron chi connectivity index (χ3n) is 5.13. The zero-order chi connectivity index (χ0) is 22.3. The van der Waals surface area contributed by atoms with Crippen LogP contribution in [0.5, 0.6) is 0 Å². The number of nitrogens with zero attached hydrogens (tertiary/aromatic N) is 5. The summed E-state index contributed by atoms with van der Waals surface area (Å²) in [7, 11) is 0. The fourth-order valence-corrected chi connectivity index (χ4v) is 3.84. The third kappa shape index (κ3) is 4.22. The molecule has 0 amide bonds. The molecule has 0 saturated carbocycles. The van der Waals surface area contributed by atoms with E-state index in [1.807, 2.05) is 6.07 Å². The maximum atomic E-state index is 14.5. The van der Waals surface area contributed by atoms with Crippen LogP contribution in [0.2, 0.25) is 0 Å². The molecule has 0 aliphatic heterocycles. The number of fused-ring (bicyclic) bond motifs is 2. The molecule has 4 aromatic rings. The smallest absolute Gasteiger partial charge is 0.220 e. The molecule has 0 fully saturated rings. The Hall–Kier alpha value is -3.09. The van der Waals surface area contributed by atoms with E-state index in [1.165, 1.54) is 19.2 Å². The Labute approximate surface area is 180 Å². The van der Waals surface area contributed by atoms with Crippen LogP contribution in [-0.4, -0.2) is 32.4 Å². The van der Waals surface area contributed by atoms with Crippen molar-refractivity contribution in [1.82, 2.24) is 19.4 Å². The lowest BCUT2D eigenvalue weighted by Crippen LogP contribution is -2.31. The van der Waals surface area contributed by atoms with Crippen molar-refractivity contribution < 1.29 is 8.78 Å². The van der Waals surface area contributed by atoms with Crippen LogP contribution in [0, 0.1) is 30.5 Å². The van der Waals surface area contributed by atoms with Crippen LogP contribution in [-0.2, 0) is 0 Å². The van der Waals surface area contributed by atoms with Crippen molar-refractivity contribution in [3.05, 3.63) is 54.1 Å². The lowest BCUT2D eigenvalue weighted by atomic mass is 10.1. The average molecular weight is 424 g/mol. The van der Waals surface area contributed by atoms with E-state index in [2.05, 4.69) is 59.7 Å². The second kappa shape index (κ2) is 8.21. The monoisotopic (exact) mass is 423 g/mol. The first-order valence-electron chi connectivity index (χ1n) is 10.6. The van der Waals surface area contributed by atoms with Crippen molar-refractivity contribution in [2.24, 2.45) is 11.8 Å². The highest BCUT2D eigenvalue weighted by Gasteiger charge is 2.16. The van der Waals surface area contributed by atoms with Gasteiger partial charge in [0.2, 0.25) is 5.95 Å². The lowest BCUT2D eigenvalue weighted by molar-refractivity contribution is 0.553. The molecule has 0 aliphatic rings. The van der Waals surface area contributed by atoms with Crippen molar-refractivity contribution in [1.29, 1.82) is 0 Å². The number of anilines is 1. The van der Waals surface area contributed by atoms with Crippen molar-refractivity contribution >= 4 is 22.2 Å². The summed E-state index contributed by atoms with van der Waals surface area (Å²) in [5.41, 5.74) is 2.39. The molecule has 0 saturated heterocycles. The standard InChI is InChI=1S/C24H27F2N5/c1-14(2)11-30(12-15(3)4)19-6-7-21-17(8-19)10-27-23(29-21)18-9-20(25)24-28-16(5)22(26)31(24)13-18/h6-10,13-15H,11-12H2,1-5H3. The molecule has 4 rings (SSSR count). The summed E-state index contributed by atoms with van der Waals surface area (Å²) < 4.78 is 29.9. The van der Waals surface area contributed by atoms with Gasteiger partial charge in [0.25, 0.3) is 0 Å². The number of aromatic nitrogens is 4. The van der Waals surface area contributed by atoms with E-state index in [0.29, 0.717) is 23.2 Å². The summed E-state index contributed by atoms with van der Waals surface area (Å²) in [6, 6.07) is 7.41. The van der Waals surface area contributed by atoms with Gasteiger partial charge in [-0.25, -0.2) is 19.3 Å². The summed E-state index contributed by atoms with van der Waals surface area (Å²) in [5.74, 6) is 0.237. The molecule has 0 N–H and O–H groups in total. The molecule has 162 valence electrons. The van der Waals surface area contributed by atoms with Crippen LogP contribution >= 0.6 is 0 Å². The van der Waals surface area contributed by atoms with Crippen molar-refractivity contribution in [3.63, 3.8) is 0 Å². The first-order valence-corrected chi connectivity index (χ1v) is 10.6. The highest BCUT2D eigenvalue weighted by Crippen LogP contribution is 2.26. The lowest BCUT2D eigenvalue weighted by Gasteiger charge is -2.28. The van der Waals surface area contributed by atoms with Gasteiger partial charge < -0.3 is 4.90 Å². The second-order valence-corrected chi connectivity index (χ2v) is 8.89. The molecular formula is C24H27F2N5. The third-order valence-corrected chi connectivity index (χ3v) is 5.13. The van der Waals surface area contributed by atoms with Gasteiger partial charge in [-0.15, -0.1) is 0 Å². The van der Waals surface area contributed by atoms with Gasteiger partial charge in [0.05, 0.1) is 11.2 Å². The maximum Gasteiger partial charge on any atom is 0.220 e. The fraction of sp³-hybridized carbons (Fsp3) is 0.375. The number of imidazole rings is 1. The quantitative estimate of drug-likeness (QED) is 0.402. The molecule has 0 unspecified atom stereocenters. The Kier molecular flexibility index (Phi) is 5.60. The molecule has 3 aromatic heterocycles. The molecular weight excluding hydrogens is 396 g/mol. The van der Waals surface area contributed by atoms with Gasteiger partial charge in [0.1, 0.15) is 0 Å². The molecule has 3 heterocycles. The Bertz CT molecular complexity index is 1240. The first kappa shape index (κ1) is 21.2. The summed E-state index contributed by atoms with van der Waals surface area (Å²) in [6.07, 6.45) is 3.22. The largest absolute Gasteiger partial charge is 0.371 e. The fourth-order valence-electron chi connectivity index (χ4n) is 3.84. The van der Waals surface area contributed by atoms with E-state index < -0.39 is 11.8 Å². The van der Waals surface area contributed by atoms with Gasteiger partial charge in [-0.2, -0.15) is 4.39 Å². The van der Waals surface area contributed by atoms with Gasteiger partial charge >= 0.3 is 0 Å². The normalized spacial score (nSPS) is 11.9. The van der Waals surface area contributed by atoms with E-state index in [0.717, 1.165) is 34.1 Å². The van der Waals surface area contributed by atoms with E-state index in [9.17, 15) is 8.78 Å². The highest BCUT2D eigenvalue weighted by molar-refractivity contribution is 5.83. The summed E-state index contributed by atoms with van der Waals surface area (Å²) in [5, 5.41) is 0.907. The predicted molar refractivity (Wildman–Crippen MR) is 120 cm³/mol. The Morgan fingerprint density at radius 2 is 1.71 bits per heavy atom. The summed E-state index contributed by atoms with van der Waals surface area (Å²) in [6.45, 7) is 12.3.